The van der Waals surface area contributed by atoms with Gasteiger partial charge in [-0.05, 0) is 0 Å². The Hall–Kier alpha value is -0.830. The highest BCUT2D eigenvalue weighted by Crippen LogP contribution is 2.54. The molecular formula is C11H18O3. The molecule has 0 spiro atoms. The Labute approximate surface area is 85.1 Å². The van der Waals surface area contributed by atoms with Gasteiger partial charge in [0.2, 0.25) is 0 Å². The van der Waals surface area contributed by atoms with Crippen LogP contribution in [0.15, 0.2) is 12.7 Å². The van der Waals surface area contributed by atoms with Crippen LogP contribution in [0, 0.1) is 11.3 Å². The predicted octanol–water partition coefficient (Wildman–Crippen LogP) is 1.78. The van der Waals surface area contributed by atoms with Crippen molar-refractivity contribution in [3.05, 3.63) is 12.7 Å². The van der Waals surface area contributed by atoms with Crippen LogP contribution < -0.4 is 0 Å². The molecule has 3 heteroatoms. The van der Waals surface area contributed by atoms with Gasteiger partial charge in [-0.1, -0.05) is 19.9 Å². The van der Waals surface area contributed by atoms with Crippen LogP contribution in [0.25, 0.3) is 0 Å². The third-order valence-corrected chi connectivity index (χ3v) is 2.86. The van der Waals surface area contributed by atoms with Crippen molar-refractivity contribution in [2.75, 3.05) is 13.7 Å². The molecule has 1 rings (SSSR count). The van der Waals surface area contributed by atoms with Crippen molar-refractivity contribution in [3.63, 3.8) is 0 Å². The summed E-state index contributed by atoms with van der Waals surface area (Å²) in [5.41, 5.74) is 0.0623. The number of ether oxygens (including phenoxy) is 2. The smallest absolute Gasteiger partial charge is 0.309 e. The number of rotatable bonds is 5. The van der Waals surface area contributed by atoms with Crippen molar-refractivity contribution in [2.45, 2.75) is 26.4 Å². The molecule has 0 aliphatic heterocycles. The van der Waals surface area contributed by atoms with E-state index in [1.807, 2.05) is 0 Å². The Bertz CT molecular complexity index is 233. The van der Waals surface area contributed by atoms with Crippen molar-refractivity contribution in [2.24, 2.45) is 11.3 Å². The van der Waals surface area contributed by atoms with Crippen molar-refractivity contribution in [1.29, 1.82) is 0 Å². The Balaban J connectivity index is 2.40. The van der Waals surface area contributed by atoms with E-state index in [-0.39, 0.29) is 23.9 Å². The summed E-state index contributed by atoms with van der Waals surface area (Å²) in [5, 5.41) is 0. The molecule has 0 aromatic heterocycles. The number of hydrogen-bond acceptors (Lipinski definition) is 3. The third kappa shape index (κ3) is 2.15. The molecule has 1 fully saturated rings. The van der Waals surface area contributed by atoms with E-state index in [0.717, 1.165) is 0 Å². The Kier molecular flexibility index (Phi) is 3.32. The lowest BCUT2D eigenvalue weighted by Gasteiger charge is -2.03. The minimum absolute atomic E-state index is 0.00917. The van der Waals surface area contributed by atoms with Crippen LogP contribution in [0.1, 0.15) is 20.3 Å². The van der Waals surface area contributed by atoms with Gasteiger partial charge in [0.05, 0.1) is 13.0 Å². The first-order chi connectivity index (χ1) is 6.54. The van der Waals surface area contributed by atoms with Gasteiger partial charge in [0.25, 0.3) is 0 Å². The van der Waals surface area contributed by atoms with Crippen LogP contribution in [-0.2, 0) is 14.3 Å². The van der Waals surface area contributed by atoms with E-state index in [2.05, 4.69) is 20.4 Å². The highest BCUT2D eigenvalue weighted by atomic mass is 16.6. The Morgan fingerprint density at radius 2 is 2.21 bits per heavy atom. The summed E-state index contributed by atoms with van der Waals surface area (Å²) in [6, 6.07) is 0. The van der Waals surface area contributed by atoms with E-state index in [1.54, 1.807) is 13.2 Å². The van der Waals surface area contributed by atoms with Crippen molar-refractivity contribution in [1.82, 2.24) is 0 Å². The van der Waals surface area contributed by atoms with Gasteiger partial charge in [0.15, 0.2) is 0 Å². The number of methoxy groups -OCH3 is 1. The SMILES string of the molecule is C=CCC(=O)OC1C(COC)C1(C)C. The molecule has 0 radical (unpaired) electrons. The molecule has 0 heterocycles. The summed E-state index contributed by atoms with van der Waals surface area (Å²) in [6.45, 7) is 8.32. The van der Waals surface area contributed by atoms with Gasteiger partial charge in [-0.3, -0.25) is 4.79 Å². The van der Waals surface area contributed by atoms with Crippen LogP contribution in [0.2, 0.25) is 0 Å². The standard InChI is InChI=1S/C11H18O3/c1-5-6-9(12)14-10-8(7-13-4)11(10,2)3/h5,8,10H,1,6-7H2,2-4H3. The van der Waals surface area contributed by atoms with Crippen molar-refractivity contribution >= 4 is 5.97 Å². The van der Waals surface area contributed by atoms with Gasteiger partial charge in [-0.2, -0.15) is 0 Å². The van der Waals surface area contributed by atoms with E-state index in [4.69, 9.17) is 9.47 Å². The van der Waals surface area contributed by atoms with E-state index in [0.29, 0.717) is 12.5 Å². The lowest BCUT2D eigenvalue weighted by Crippen LogP contribution is -2.09. The summed E-state index contributed by atoms with van der Waals surface area (Å²) >= 11 is 0. The lowest BCUT2D eigenvalue weighted by molar-refractivity contribution is -0.145. The fourth-order valence-corrected chi connectivity index (χ4v) is 1.72. The maximum absolute atomic E-state index is 11.2. The van der Waals surface area contributed by atoms with Crippen LogP contribution in [0.3, 0.4) is 0 Å². The first-order valence-corrected chi connectivity index (χ1v) is 4.83. The molecule has 0 aromatic carbocycles. The number of carbonyl (C=O) groups excluding carboxylic acids is 1. The summed E-state index contributed by atoms with van der Waals surface area (Å²) in [6.07, 6.45) is 1.85. The molecular weight excluding hydrogens is 180 g/mol. The average molecular weight is 198 g/mol. The van der Waals surface area contributed by atoms with Gasteiger partial charge in [0, 0.05) is 18.4 Å². The Morgan fingerprint density at radius 3 is 2.71 bits per heavy atom. The minimum Gasteiger partial charge on any atom is -0.461 e. The molecule has 14 heavy (non-hydrogen) atoms. The molecule has 2 unspecified atom stereocenters. The van der Waals surface area contributed by atoms with Crippen molar-refractivity contribution < 1.29 is 14.3 Å². The molecule has 0 bridgehead atoms. The zero-order valence-corrected chi connectivity index (χ0v) is 9.08. The normalized spacial score (nSPS) is 28.2. The molecule has 3 nitrogen and oxygen atoms in total. The van der Waals surface area contributed by atoms with Crippen LogP contribution in [0.5, 0.6) is 0 Å². The quantitative estimate of drug-likeness (QED) is 0.499. The molecule has 80 valence electrons. The molecule has 0 saturated heterocycles. The average Bonchev–Trinajstić information content (AvgIpc) is 2.57. The molecule has 0 aromatic rings. The van der Waals surface area contributed by atoms with E-state index >= 15 is 0 Å². The van der Waals surface area contributed by atoms with Gasteiger partial charge >= 0.3 is 5.97 Å². The first-order valence-electron chi connectivity index (χ1n) is 4.83. The number of esters is 1. The van der Waals surface area contributed by atoms with Crippen LogP contribution in [-0.4, -0.2) is 25.8 Å². The summed E-state index contributed by atoms with van der Waals surface area (Å²) in [4.78, 5) is 11.2. The number of hydrogen-bond donors (Lipinski definition) is 0. The minimum atomic E-state index is -0.198. The molecule has 1 aliphatic rings. The largest absolute Gasteiger partial charge is 0.461 e. The second-order valence-corrected chi connectivity index (χ2v) is 4.29. The van der Waals surface area contributed by atoms with Gasteiger partial charge in [0.1, 0.15) is 6.10 Å². The molecule has 0 amide bonds. The van der Waals surface area contributed by atoms with E-state index in [9.17, 15) is 4.79 Å². The van der Waals surface area contributed by atoms with E-state index < -0.39 is 0 Å². The highest BCUT2D eigenvalue weighted by Gasteiger charge is 2.60. The fraction of sp³-hybridized carbons (Fsp3) is 0.727. The maximum atomic E-state index is 11.2. The second-order valence-electron chi connectivity index (χ2n) is 4.29. The first kappa shape index (κ1) is 11.2. The second kappa shape index (κ2) is 4.13. The zero-order valence-electron chi connectivity index (χ0n) is 9.08. The summed E-state index contributed by atoms with van der Waals surface area (Å²) < 4.78 is 10.4. The monoisotopic (exact) mass is 198 g/mol. The van der Waals surface area contributed by atoms with E-state index in [1.165, 1.54) is 0 Å². The van der Waals surface area contributed by atoms with Gasteiger partial charge in [-0.25, -0.2) is 0 Å². The molecule has 0 N–H and O–H groups in total. The van der Waals surface area contributed by atoms with Crippen LogP contribution in [0.4, 0.5) is 0 Å². The van der Waals surface area contributed by atoms with Gasteiger partial charge in [-0.15, -0.1) is 6.58 Å². The molecule has 2 atom stereocenters. The summed E-state index contributed by atoms with van der Waals surface area (Å²) in [7, 11) is 1.66. The van der Waals surface area contributed by atoms with Crippen molar-refractivity contribution in [3.8, 4) is 0 Å². The molecule has 1 aliphatic carbocycles. The molecule has 1 saturated carbocycles. The summed E-state index contributed by atoms with van der Waals surface area (Å²) in [5.74, 6) is 0.137. The topological polar surface area (TPSA) is 35.5 Å². The van der Waals surface area contributed by atoms with Crippen LogP contribution >= 0.6 is 0 Å². The Morgan fingerprint density at radius 1 is 1.57 bits per heavy atom. The highest BCUT2D eigenvalue weighted by molar-refractivity contribution is 5.71. The number of carbonyl (C=O) groups is 1. The third-order valence-electron chi connectivity index (χ3n) is 2.86. The zero-order chi connectivity index (χ0) is 10.8. The fourth-order valence-electron chi connectivity index (χ4n) is 1.72. The lowest BCUT2D eigenvalue weighted by atomic mass is 10.1. The predicted molar refractivity (Wildman–Crippen MR) is 53.8 cm³/mol. The van der Waals surface area contributed by atoms with Gasteiger partial charge < -0.3 is 9.47 Å². The maximum Gasteiger partial charge on any atom is 0.309 e.